The van der Waals surface area contributed by atoms with Gasteiger partial charge in [-0.15, -0.1) is 0 Å². The zero-order valence-electron chi connectivity index (χ0n) is 24.1. The standard InChI is InChI=1S/C29H36F6N4O4/c1-17(2)27(8-5-21(14-27)39(25(41)29(33,34)35)20-6-11-43-12-7-20)24(40)37-15-18-13-19(28(30,31)32)3-4-22(18)23(16-37)38-10-9-36-26(38)42/h3-4,13,17,20-21,23H,5-12,14-16H2,1-2H3,(H,36,42)/t21-,23-,27+/m1/s1. The van der Waals surface area contributed by atoms with Gasteiger partial charge in [0.1, 0.15) is 0 Å². The van der Waals surface area contributed by atoms with Crippen LogP contribution in [0.2, 0.25) is 0 Å². The molecule has 8 nitrogen and oxygen atoms in total. The van der Waals surface area contributed by atoms with Gasteiger partial charge in [-0.2, -0.15) is 26.3 Å². The molecular weight excluding hydrogens is 582 g/mol. The summed E-state index contributed by atoms with van der Waals surface area (Å²) in [6.45, 7) is 4.63. The highest BCUT2D eigenvalue weighted by Crippen LogP contribution is 2.50. The molecule has 3 aliphatic heterocycles. The van der Waals surface area contributed by atoms with Crippen molar-refractivity contribution >= 4 is 17.8 Å². The lowest BCUT2D eigenvalue weighted by Gasteiger charge is -2.44. The fraction of sp³-hybridized carbons (Fsp3) is 0.690. The number of urea groups is 1. The van der Waals surface area contributed by atoms with Crippen LogP contribution >= 0.6 is 0 Å². The number of hydrogen-bond donors (Lipinski definition) is 1. The summed E-state index contributed by atoms with van der Waals surface area (Å²) in [7, 11) is 0. The highest BCUT2D eigenvalue weighted by atomic mass is 19.4. The summed E-state index contributed by atoms with van der Waals surface area (Å²) in [5, 5.41) is 2.70. The molecule has 0 radical (unpaired) electrons. The van der Waals surface area contributed by atoms with Crippen molar-refractivity contribution in [2.75, 3.05) is 32.8 Å². The number of rotatable bonds is 5. The van der Waals surface area contributed by atoms with E-state index in [9.17, 15) is 40.7 Å². The monoisotopic (exact) mass is 618 g/mol. The predicted molar refractivity (Wildman–Crippen MR) is 141 cm³/mol. The third kappa shape index (κ3) is 5.91. The topological polar surface area (TPSA) is 82.2 Å². The van der Waals surface area contributed by atoms with Gasteiger partial charge in [-0.3, -0.25) is 9.59 Å². The lowest BCUT2D eigenvalue weighted by atomic mass is 9.73. The third-order valence-electron chi connectivity index (χ3n) is 9.65. The minimum atomic E-state index is -5.08. The van der Waals surface area contributed by atoms with Gasteiger partial charge in [0.25, 0.3) is 0 Å². The van der Waals surface area contributed by atoms with E-state index in [1.165, 1.54) is 15.9 Å². The van der Waals surface area contributed by atoms with Crippen molar-refractivity contribution in [1.82, 2.24) is 20.0 Å². The molecule has 14 heteroatoms. The molecule has 3 heterocycles. The zero-order valence-corrected chi connectivity index (χ0v) is 24.1. The Balaban J connectivity index is 1.47. The van der Waals surface area contributed by atoms with Gasteiger partial charge in [-0.25, -0.2) is 4.79 Å². The Morgan fingerprint density at radius 1 is 1.07 bits per heavy atom. The van der Waals surface area contributed by atoms with Gasteiger partial charge >= 0.3 is 24.3 Å². The number of carbonyl (C=O) groups is 3. The summed E-state index contributed by atoms with van der Waals surface area (Å²) < 4.78 is 87.5. The van der Waals surface area contributed by atoms with Crippen LogP contribution in [0, 0.1) is 11.3 Å². The molecule has 4 aliphatic rings. The first kappa shape index (κ1) is 31.4. The molecule has 0 unspecified atom stereocenters. The van der Waals surface area contributed by atoms with E-state index in [2.05, 4.69) is 5.32 Å². The summed E-state index contributed by atoms with van der Waals surface area (Å²) in [6.07, 6.45) is -8.77. The normalized spacial score (nSPS) is 27.0. The first-order valence-corrected chi connectivity index (χ1v) is 14.6. The highest BCUT2D eigenvalue weighted by molar-refractivity contribution is 5.85. The maximum atomic E-state index is 14.4. The van der Waals surface area contributed by atoms with Gasteiger partial charge in [0, 0.05) is 51.5 Å². The second-order valence-corrected chi connectivity index (χ2v) is 12.3. The van der Waals surface area contributed by atoms with Crippen LogP contribution in [-0.4, -0.2) is 83.7 Å². The van der Waals surface area contributed by atoms with Crippen LogP contribution in [0.3, 0.4) is 0 Å². The van der Waals surface area contributed by atoms with E-state index in [4.69, 9.17) is 4.74 Å². The lowest BCUT2D eigenvalue weighted by Crippen LogP contribution is -2.55. The summed E-state index contributed by atoms with van der Waals surface area (Å²) in [4.78, 5) is 43.6. The summed E-state index contributed by atoms with van der Waals surface area (Å²) in [5.74, 6) is -2.65. The average Bonchev–Trinajstić information content (AvgIpc) is 3.59. The Kier molecular flexibility index (Phi) is 8.38. The largest absolute Gasteiger partial charge is 0.471 e. The van der Waals surface area contributed by atoms with Crippen LogP contribution in [0.1, 0.15) is 68.7 Å². The molecule has 1 aliphatic carbocycles. The molecule has 1 aromatic carbocycles. The second kappa shape index (κ2) is 11.5. The molecule has 4 amide bonds. The number of benzene rings is 1. The number of amides is 4. The molecule has 43 heavy (non-hydrogen) atoms. The SMILES string of the molecule is CC(C)[C@]1(C(=O)N2Cc3cc(C(F)(F)F)ccc3[C@H](N3CCNC3=O)C2)CC[C@@H](N(C(=O)C(F)(F)F)C2CCOCC2)C1. The number of ether oxygens (including phenoxy) is 1. The van der Waals surface area contributed by atoms with E-state index in [0.29, 0.717) is 18.7 Å². The van der Waals surface area contributed by atoms with Gasteiger partial charge in [0.15, 0.2) is 0 Å². The van der Waals surface area contributed by atoms with E-state index in [0.717, 1.165) is 17.0 Å². The first-order valence-electron chi connectivity index (χ1n) is 14.6. The maximum Gasteiger partial charge on any atom is 0.471 e. The quantitative estimate of drug-likeness (QED) is 0.478. The Bertz CT molecular complexity index is 1250. The van der Waals surface area contributed by atoms with Crippen LogP contribution in [-0.2, 0) is 27.0 Å². The zero-order chi connectivity index (χ0) is 31.3. The first-order chi connectivity index (χ1) is 20.1. The van der Waals surface area contributed by atoms with E-state index in [-0.39, 0.29) is 81.8 Å². The Hall–Kier alpha value is -3.03. The lowest BCUT2D eigenvalue weighted by molar-refractivity contribution is -0.192. The van der Waals surface area contributed by atoms with Gasteiger partial charge in [0.2, 0.25) is 5.91 Å². The number of nitrogens with zero attached hydrogens (tertiary/aromatic N) is 3. The van der Waals surface area contributed by atoms with Crippen molar-refractivity contribution in [3.8, 4) is 0 Å². The number of carbonyl (C=O) groups excluding carboxylic acids is 3. The maximum absolute atomic E-state index is 14.4. The fourth-order valence-electron chi connectivity index (χ4n) is 7.33. The van der Waals surface area contributed by atoms with E-state index in [1.807, 2.05) is 0 Å². The molecule has 0 bridgehead atoms. The number of alkyl halides is 6. The smallest absolute Gasteiger partial charge is 0.381 e. The average molecular weight is 619 g/mol. The second-order valence-electron chi connectivity index (χ2n) is 12.3. The van der Waals surface area contributed by atoms with Crippen molar-refractivity contribution in [3.05, 3.63) is 34.9 Å². The van der Waals surface area contributed by atoms with E-state index >= 15 is 0 Å². The van der Waals surface area contributed by atoms with Crippen LogP contribution in [0.5, 0.6) is 0 Å². The van der Waals surface area contributed by atoms with Crippen LogP contribution in [0.15, 0.2) is 18.2 Å². The van der Waals surface area contributed by atoms with Gasteiger partial charge in [-0.05, 0) is 61.3 Å². The molecular formula is C29H36F6N4O4. The molecule has 3 atom stereocenters. The Labute approximate surface area is 245 Å². The Morgan fingerprint density at radius 3 is 2.35 bits per heavy atom. The molecule has 1 saturated carbocycles. The van der Waals surface area contributed by atoms with Crippen molar-refractivity contribution in [3.63, 3.8) is 0 Å². The molecule has 238 valence electrons. The van der Waals surface area contributed by atoms with Gasteiger partial charge in [0.05, 0.1) is 17.0 Å². The number of nitrogens with one attached hydrogen (secondary N) is 1. The molecule has 0 spiro atoms. The molecule has 2 saturated heterocycles. The Morgan fingerprint density at radius 2 is 1.77 bits per heavy atom. The van der Waals surface area contributed by atoms with Crippen LogP contribution in [0.25, 0.3) is 0 Å². The fourth-order valence-corrected chi connectivity index (χ4v) is 7.33. The van der Waals surface area contributed by atoms with Crippen LogP contribution in [0.4, 0.5) is 31.1 Å². The minimum absolute atomic E-state index is 0.00346. The van der Waals surface area contributed by atoms with Crippen molar-refractivity contribution in [2.45, 2.75) is 83.0 Å². The van der Waals surface area contributed by atoms with Crippen molar-refractivity contribution in [2.24, 2.45) is 11.3 Å². The number of halogens is 6. The summed E-state index contributed by atoms with van der Waals surface area (Å²) in [6, 6.07) is 0.742. The summed E-state index contributed by atoms with van der Waals surface area (Å²) in [5.41, 5.74) is -1.22. The third-order valence-corrected chi connectivity index (χ3v) is 9.65. The molecule has 3 fully saturated rings. The van der Waals surface area contributed by atoms with E-state index < -0.39 is 47.4 Å². The van der Waals surface area contributed by atoms with Gasteiger partial charge < -0.3 is 24.8 Å². The molecule has 1 N–H and O–H groups in total. The molecule has 0 aromatic heterocycles. The van der Waals surface area contributed by atoms with Gasteiger partial charge in [-0.1, -0.05) is 19.9 Å². The van der Waals surface area contributed by atoms with Crippen molar-refractivity contribution < 1.29 is 45.5 Å². The predicted octanol–water partition coefficient (Wildman–Crippen LogP) is 4.88. The molecule has 1 aromatic rings. The number of fused-ring (bicyclic) bond motifs is 1. The number of hydrogen-bond acceptors (Lipinski definition) is 4. The molecule has 5 rings (SSSR count). The van der Waals surface area contributed by atoms with Crippen LogP contribution < -0.4 is 5.32 Å². The summed E-state index contributed by atoms with van der Waals surface area (Å²) >= 11 is 0. The minimum Gasteiger partial charge on any atom is -0.381 e. The highest BCUT2D eigenvalue weighted by Gasteiger charge is 2.55. The van der Waals surface area contributed by atoms with Crippen molar-refractivity contribution in [1.29, 1.82) is 0 Å². The van der Waals surface area contributed by atoms with E-state index in [1.54, 1.807) is 13.8 Å².